The number of carbonyl (C=O) groups is 4. The number of rotatable bonds is 20. The van der Waals surface area contributed by atoms with Gasteiger partial charge in [-0.15, -0.1) is 0 Å². The van der Waals surface area contributed by atoms with E-state index in [-0.39, 0.29) is 48.9 Å². The Morgan fingerprint density at radius 2 is 1.59 bits per heavy atom. The quantitative estimate of drug-likeness (QED) is 0.100. The summed E-state index contributed by atoms with van der Waals surface area (Å²) in [5, 5.41) is 31.8. The lowest BCUT2D eigenvalue weighted by Crippen LogP contribution is -2.54. The molecule has 1 heterocycles. The van der Waals surface area contributed by atoms with Crippen LogP contribution >= 0.6 is 0 Å². The van der Waals surface area contributed by atoms with Crippen molar-refractivity contribution < 1.29 is 29.4 Å². The summed E-state index contributed by atoms with van der Waals surface area (Å²) in [5.41, 5.74) is 13.0. The number of urea groups is 1. The number of amides is 5. The lowest BCUT2D eigenvalue weighted by molar-refractivity contribution is -0.132. The second kappa shape index (κ2) is 19.3. The number of nitrogens with zero attached hydrogens (tertiary/aromatic N) is 1. The molecule has 13 heteroatoms. The molecule has 1 aromatic heterocycles. The van der Waals surface area contributed by atoms with Crippen molar-refractivity contribution in [1.29, 1.82) is 0 Å². The molecular formula is C33H53N7O6. The van der Waals surface area contributed by atoms with E-state index in [1.807, 2.05) is 13.8 Å². The van der Waals surface area contributed by atoms with Crippen LogP contribution in [-0.4, -0.2) is 57.2 Å². The number of aromatic hydroxyl groups is 2. The highest BCUT2D eigenvalue weighted by Crippen LogP contribution is 2.36. The lowest BCUT2D eigenvalue weighted by atomic mass is 9.96. The summed E-state index contributed by atoms with van der Waals surface area (Å²) in [4.78, 5) is 50.4. The van der Waals surface area contributed by atoms with Crippen LogP contribution in [0.5, 0.6) is 11.8 Å². The van der Waals surface area contributed by atoms with Crippen LogP contribution < -0.4 is 32.7 Å². The molecule has 0 fully saturated rings. The Morgan fingerprint density at radius 1 is 0.913 bits per heavy atom. The third-order valence-corrected chi connectivity index (χ3v) is 8.11. The molecule has 5 amide bonds. The molecule has 0 saturated carbocycles. The normalized spacial score (nSPS) is 12.5. The molecule has 0 aliphatic carbocycles. The van der Waals surface area contributed by atoms with E-state index in [9.17, 15) is 29.4 Å². The number of primary amides is 1. The van der Waals surface area contributed by atoms with Crippen molar-refractivity contribution in [2.24, 2.45) is 17.4 Å². The van der Waals surface area contributed by atoms with Crippen LogP contribution in [0.3, 0.4) is 0 Å². The molecule has 1 aromatic carbocycles. The number of anilines is 1. The van der Waals surface area contributed by atoms with Crippen LogP contribution in [-0.2, 0) is 27.5 Å². The van der Waals surface area contributed by atoms with Crippen molar-refractivity contribution in [3.63, 3.8) is 0 Å². The van der Waals surface area contributed by atoms with E-state index < -0.39 is 29.9 Å². The average molecular weight is 644 g/mol. The maximum Gasteiger partial charge on any atom is 0.312 e. The van der Waals surface area contributed by atoms with E-state index in [0.29, 0.717) is 44.5 Å². The van der Waals surface area contributed by atoms with Gasteiger partial charge in [-0.3, -0.25) is 19.0 Å². The molecule has 10 N–H and O–H groups in total. The number of carbonyl (C=O) groups excluding carboxylic acids is 4. The Bertz CT molecular complexity index is 1270. The fourth-order valence-electron chi connectivity index (χ4n) is 5.31. The van der Waals surface area contributed by atoms with Gasteiger partial charge in [0.25, 0.3) is 0 Å². The molecular weight excluding hydrogens is 590 g/mol. The monoisotopic (exact) mass is 643 g/mol. The summed E-state index contributed by atoms with van der Waals surface area (Å²) >= 11 is 0. The summed E-state index contributed by atoms with van der Waals surface area (Å²) in [6.07, 6.45) is 4.41. The van der Waals surface area contributed by atoms with Gasteiger partial charge in [0.05, 0.1) is 0 Å². The van der Waals surface area contributed by atoms with Crippen LogP contribution in [0.1, 0.15) is 96.1 Å². The molecule has 13 nitrogen and oxygen atoms in total. The zero-order valence-corrected chi connectivity index (χ0v) is 27.6. The van der Waals surface area contributed by atoms with Gasteiger partial charge in [-0.25, -0.2) is 4.79 Å². The third kappa shape index (κ3) is 11.9. The fraction of sp³-hybridized carbons (Fsp3) is 0.576. The van der Waals surface area contributed by atoms with Crippen molar-refractivity contribution >= 4 is 29.4 Å². The van der Waals surface area contributed by atoms with Crippen LogP contribution in [0.15, 0.2) is 30.3 Å². The molecule has 0 aliphatic heterocycles. The predicted octanol–water partition coefficient (Wildman–Crippen LogP) is 3.53. The van der Waals surface area contributed by atoms with Crippen LogP contribution in [0.2, 0.25) is 0 Å². The molecule has 2 unspecified atom stereocenters. The van der Waals surface area contributed by atoms with Gasteiger partial charge in [0.2, 0.25) is 17.7 Å². The van der Waals surface area contributed by atoms with Crippen molar-refractivity contribution in [2.45, 2.75) is 110 Å². The lowest BCUT2D eigenvalue weighted by Gasteiger charge is -2.25. The topological polar surface area (TPSA) is 214 Å². The highest BCUT2D eigenvalue weighted by molar-refractivity contribution is 5.98. The van der Waals surface area contributed by atoms with Gasteiger partial charge in [0, 0.05) is 43.4 Å². The highest BCUT2D eigenvalue weighted by atomic mass is 16.3. The Labute approximate surface area is 271 Å². The van der Waals surface area contributed by atoms with Crippen molar-refractivity contribution in [3.05, 3.63) is 41.5 Å². The van der Waals surface area contributed by atoms with E-state index in [0.717, 1.165) is 24.0 Å². The van der Waals surface area contributed by atoms with Crippen molar-refractivity contribution in [1.82, 2.24) is 20.5 Å². The van der Waals surface area contributed by atoms with E-state index in [2.05, 4.69) is 21.3 Å². The van der Waals surface area contributed by atoms with E-state index in [1.165, 1.54) is 4.57 Å². The van der Waals surface area contributed by atoms with Crippen LogP contribution in [0.4, 0.5) is 10.5 Å². The summed E-state index contributed by atoms with van der Waals surface area (Å²) < 4.78 is 1.50. The summed E-state index contributed by atoms with van der Waals surface area (Å²) in [6, 6.07) is 6.19. The van der Waals surface area contributed by atoms with Gasteiger partial charge in [0.1, 0.15) is 12.1 Å². The number of benzene rings is 1. The summed E-state index contributed by atoms with van der Waals surface area (Å²) in [7, 11) is 0. The Morgan fingerprint density at radius 3 is 2.17 bits per heavy atom. The van der Waals surface area contributed by atoms with Crippen LogP contribution in [0, 0.1) is 5.92 Å². The first-order valence-electron chi connectivity index (χ1n) is 16.3. The molecule has 2 rings (SSSR count). The van der Waals surface area contributed by atoms with Gasteiger partial charge in [0.15, 0.2) is 11.8 Å². The maximum absolute atomic E-state index is 13.3. The maximum atomic E-state index is 13.3. The molecule has 46 heavy (non-hydrogen) atoms. The zero-order chi connectivity index (χ0) is 34.2. The van der Waals surface area contributed by atoms with Gasteiger partial charge >= 0.3 is 6.03 Å². The number of hydrogen-bond acceptors (Lipinski definition) is 7. The molecule has 0 aliphatic rings. The first kappa shape index (κ1) is 37.9. The molecule has 0 saturated heterocycles. The van der Waals surface area contributed by atoms with Crippen LogP contribution in [0.25, 0.3) is 0 Å². The smallest absolute Gasteiger partial charge is 0.312 e. The SMILES string of the molecule is CCC(CC)c1cc(O)n(CCCCCC(=O)NC(C(=O)NC(CCCNC(N)=O)C(=O)Nc2ccc(CN)cc2)C(C)C)c1O. The first-order chi connectivity index (χ1) is 21.9. The highest BCUT2D eigenvalue weighted by Gasteiger charge is 2.29. The van der Waals surface area contributed by atoms with Gasteiger partial charge in [-0.1, -0.05) is 46.2 Å². The second-order valence-electron chi connectivity index (χ2n) is 11.9. The Balaban J connectivity index is 1.94. The molecule has 2 aromatic rings. The van der Waals surface area contributed by atoms with Crippen molar-refractivity contribution in [3.8, 4) is 11.8 Å². The average Bonchev–Trinajstić information content (AvgIpc) is 3.30. The van der Waals surface area contributed by atoms with Gasteiger partial charge < -0.3 is 42.9 Å². The minimum absolute atomic E-state index is 0.0311. The zero-order valence-electron chi connectivity index (χ0n) is 27.6. The van der Waals surface area contributed by atoms with E-state index >= 15 is 0 Å². The van der Waals surface area contributed by atoms with E-state index in [4.69, 9.17) is 11.5 Å². The van der Waals surface area contributed by atoms with Gasteiger partial charge in [-0.05, 0) is 68.1 Å². The molecule has 256 valence electrons. The Hall–Kier alpha value is -4.26. The van der Waals surface area contributed by atoms with E-state index in [1.54, 1.807) is 44.2 Å². The number of nitrogens with one attached hydrogen (secondary N) is 4. The second-order valence-corrected chi connectivity index (χ2v) is 11.9. The largest absolute Gasteiger partial charge is 0.494 e. The third-order valence-electron chi connectivity index (χ3n) is 8.11. The summed E-state index contributed by atoms with van der Waals surface area (Å²) in [6.45, 7) is 8.73. The number of nitrogens with two attached hydrogens (primary N) is 2. The Kier molecular flexibility index (Phi) is 15.9. The first-order valence-corrected chi connectivity index (χ1v) is 16.3. The predicted molar refractivity (Wildman–Crippen MR) is 178 cm³/mol. The molecule has 2 atom stereocenters. The minimum Gasteiger partial charge on any atom is -0.494 e. The number of aromatic nitrogens is 1. The number of hydrogen-bond donors (Lipinski definition) is 8. The number of unbranched alkanes of at least 4 members (excludes halogenated alkanes) is 2. The van der Waals surface area contributed by atoms with Gasteiger partial charge in [-0.2, -0.15) is 0 Å². The summed E-state index contributed by atoms with van der Waals surface area (Å²) in [5.74, 6) is -1.16. The standard InChI is InChI=1S/C33H53N7O6/c1-5-23(6-2)25-19-28(42)40(32(25)45)18-9-7-8-12-27(41)39-29(21(3)4)31(44)38-26(11-10-17-36-33(35)46)30(43)37-24-15-13-22(20-34)14-16-24/h13-16,19,21,23,26,29,42,45H,5-12,17-18,20,34H2,1-4H3,(H,37,43)(H,38,44)(H,39,41)(H3,35,36,46). The van der Waals surface area contributed by atoms with Crippen molar-refractivity contribution in [2.75, 3.05) is 11.9 Å². The molecule has 0 bridgehead atoms. The fourth-order valence-corrected chi connectivity index (χ4v) is 5.31. The minimum atomic E-state index is -0.929. The molecule has 0 spiro atoms. The molecule has 0 radical (unpaired) electrons.